The van der Waals surface area contributed by atoms with Gasteiger partial charge in [0, 0.05) is 32.7 Å². The third-order valence-corrected chi connectivity index (χ3v) is 7.30. The van der Waals surface area contributed by atoms with E-state index in [2.05, 4.69) is 46.1 Å². The number of anilines is 1. The van der Waals surface area contributed by atoms with E-state index in [-0.39, 0.29) is 11.7 Å². The third kappa shape index (κ3) is 5.76. The second kappa shape index (κ2) is 11.1. The van der Waals surface area contributed by atoms with Crippen molar-refractivity contribution in [2.75, 3.05) is 37.6 Å². The minimum atomic E-state index is -0.166. The monoisotopic (exact) mass is 472 g/mol. The third-order valence-electron chi connectivity index (χ3n) is 7.30. The molecule has 6 heteroatoms. The smallest absolute Gasteiger partial charge is 0.316 e. The predicted molar refractivity (Wildman–Crippen MR) is 141 cm³/mol. The number of hydrogen-bond acceptors (Lipinski definition) is 5. The van der Waals surface area contributed by atoms with Crippen molar-refractivity contribution >= 4 is 5.69 Å². The van der Waals surface area contributed by atoms with Gasteiger partial charge in [0.15, 0.2) is 0 Å². The van der Waals surface area contributed by atoms with Crippen molar-refractivity contribution in [1.82, 2.24) is 14.7 Å². The van der Waals surface area contributed by atoms with Gasteiger partial charge in [0.05, 0.1) is 18.0 Å². The average molecular weight is 473 g/mol. The molecule has 184 valence electrons. The van der Waals surface area contributed by atoms with Gasteiger partial charge >= 0.3 is 5.56 Å². The molecular formula is C29H36N4O2. The molecule has 3 aromatic rings. The first-order chi connectivity index (χ1) is 17.2. The van der Waals surface area contributed by atoms with Gasteiger partial charge in [-0.2, -0.15) is 9.78 Å². The Morgan fingerprint density at radius 3 is 2.34 bits per heavy atom. The van der Waals surface area contributed by atoms with Gasteiger partial charge in [-0.15, -0.1) is 0 Å². The number of nitrogens with zero attached hydrogens (tertiary/aromatic N) is 4. The lowest BCUT2D eigenvalue weighted by atomic mass is 9.98. The first-order valence-electron chi connectivity index (χ1n) is 13.0. The maximum Gasteiger partial charge on any atom is 0.316 e. The van der Waals surface area contributed by atoms with Gasteiger partial charge in [-0.25, -0.2) is 0 Å². The first kappa shape index (κ1) is 23.6. The van der Waals surface area contributed by atoms with Gasteiger partial charge in [0.25, 0.3) is 0 Å². The van der Waals surface area contributed by atoms with Crippen LogP contribution >= 0.6 is 0 Å². The van der Waals surface area contributed by atoms with Crippen LogP contribution in [0.3, 0.4) is 0 Å². The molecule has 0 spiro atoms. The molecule has 1 aliphatic carbocycles. The first-order valence-corrected chi connectivity index (χ1v) is 13.0. The molecule has 0 bridgehead atoms. The van der Waals surface area contributed by atoms with Crippen LogP contribution in [0.1, 0.15) is 43.2 Å². The minimum absolute atomic E-state index is 0.109. The Kier molecular flexibility index (Phi) is 7.48. The van der Waals surface area contributed by atoms with E-state index in [0.717, 1.165) is 76.2 Å². The Labute approximate surface area is 208 Å². The summed E-state index contributed by atoms with van der Waals surface area (Å²) < 4.78 is 7.92. The van der Waals surface area contributed by atoms with Gasteiger partial charge in [-0.3, -0.25) is 9.69 Å². The number of aromatic nitrogens is 2. The summed E-state index contributed by atoms with van der Waals surface area (Å²) in [6.07, 6.45) is 8.60. The fourth-order valence-electron chi connectivity index (χ4n) is 5.12. The summed E-state index contributed by atoms with van der Waals surface area (Å²) in [5.74, 6) is 0.462. The minimum Gasteiger partial charge on any atom is -0.483 e. The molecule has 0 unspecified atom stereocenters. The normalized spacial score (nSPS) is 17.5. The molecule has 1 aromatic heterocycles. The molecule has 1 saturated carbocycles. The molecular weight excluding hydrogens is 436 g/mol. The van der Waals surface area contributed by atoms with E-state index in [0.29, 0.717) is 5.75 Å². The van der Waals surface area contributed by atoms with Gasteiger partial charge in [-0.1, -0.05) is 54.4 Å². The van der Waals surface area contributed by atoms with Crippen LogP contribution in [0.2, 0.25) is 0 Å². The quantitative estimate of drug-likeness (QED) is 0.502. The predicted octanol–water partition coefficient (Wildman–Crippen LogP) is 4.62. The second-order valence-corrected chi connectivity index (χ2v) is 9.85. The standard InChI is InChI=1S/C29H36N4O2/c1-23-12-14-24(15-13-23)16-17-31-18-20-32(21-19-31)27-22-30-33(25-8-4-2-5-9-25)29(34)28(27)35-26-10-6-3-7-11-26/h2,4-5,8-9,12-15,22,26H,3,6-7,10-11,16-21H2,1H3. The zero-order valence-electron chi connectivity index (χ0n) is 20.7. The summed E-state index contributed by atoms with van der Waals surface area (Å²) in [4.78, 5) is 18.4. The van der Waals surface area contributed by atoms with Crippen LogP contribution in [0.15, 0.2) is 65.6 Å². The second-order valence-electron chi connectivity index (χ2n) is 9.85. The van der Waals surface area contributed by atoms with E-state index >= 15 is 0 Å². The Hall–Kier alpha value is -3.12. The maximum absolute atomic E-state index is 13.6. The largest absolute Gasteiger partial charge is 0.483 e. The van der Waals surface area contributed by atoms with E-state index < -0.39 is 0 Å². The van der Waals surface area contributed by atoms with E-state index in [9.17, 15) is 4.79 Å². The van der Waals surface area contributed by atoms with Crippen molar-refractivity contribution in [2.45, 2.75) is 51.6 Å². The molecule has 5 rings (SSSR count). The summed E-state index contributed by atoms with van der Waals surface area (Å²) in [6, 6.07) is 18.4. The van der Waals surface area contributed by atoms with Crippen LogP contribution in [0.4, 0.5) is 5.69 Å². The van der Waals surface area contributed by atoms with Crippen LogP contribution in [-0.4, -0.2) is 53.5 Å². The molecule has 35 heavy (non-hydrogen) atoms. The van der Waals surface area contributed by atoms with E-state index in [4.69, 9.17) is 4.74 Å². The molecule has 0 N–H and O–H groups in total. The molecule has 6 nitrogen and oxygen atoms in total. The van der Waals surface area contributed by atoms with E-state index in [1.54, 1.807) is 0 Å². The molecule has 2 heterocycles. The van der Waals surface area contributed by atoms with E-state index in [1.807, 2.05) is 36.5 Å². The van der Waals surface area contributed by atoms with Crippen LogP contribution < -0.4 is 15.2 Å². The highest BCUT2D eigenvalue weighted by atomic mass is 16.5. The van der Waals surface area contributed by atoms with Gasteiger partial charge in [0.1, 0.15) is 5.69 Å². The summed E-state index contributed by atoms with van der Waals surface area (Å²) in [6.45, 7) is 6.85. The summed E-state index contributed by atoms with van der Waals surface area (Å²) in [5.41, 5.74) is 4.12. The molecule has 2 aromatic carbocycles. The van der Waals surface area contributed by atoms with Crippen molar-refractivity contribution in [3.05, 3.63) is 82.3 Å². The molecule has 2 aliphatic rings. The van der Waals surface area contributed by atoms with Crippen molar-refractivity contribution in [3.63, 3.8) is 0 Å². The summed E-state index contributed by atoms with van der Waals surface area (Å²) in [5, 5.41) is 4.55. The summed E-state index contributed by atoms with van der Waals surface area (Å²) >= 11 is 0. The number of aryl methyl sites for hydroxylation is 1. The van der Waals surface area contributed by atoms with Gasteiger partial charge in [0.2, 0.25) is 5.75 Å². The summed E-state index contributed by atoms with van der Waals surface area (Å²) in [7, 11) is 0. The molecule has 1 aliphatic heterocycles. The molecule has 0 radical (unpaired) electrons. The van der Waals surface area contributed by atoms with Crippen molar-refractivity contribution < 1.29 is 4.74 Å². The van der Waals surface area contributed by atoms with Crippen LogP contribution in [0.5, 0.6) is 5.75 Å². The highest BCUT2D eigenvalue weighted by Crippen LogP contribution is 2.29. The van der Waals surface area contributed by atoms with Crippen LogP contribution in [-0.2, 0) is 6.42 Å². The fourth-order valence-corrected chi connectivity index (χ4v) is 5.12. The van der Waals surface area contributed by atoms with Crippen LogP contribution in [0, 0.1) is 6.92 Å². The zero-order chi connectivity index (χ0) is 24.0. The Bertz CT molecular complexity index is 1150. The lowest BCUT2D eigenvalue weighted by Crippen LogP contribution is -2.47. The number of benzene rings is 2. The van der Waals surface area contributed by atoms with Crippen molar-refractivity contribution in [3.8, 4) is 11.4 Å². The molecule has 2 fully saturated rings. The molecule has 0 amide bonds. The van der Waals surface area contributed by atoms with Crippen molar-refractivity contribution in [2.24, 2.45) is 0 Å². The fraction of sp³-hybridized carbons (Fsp3) is 0.448. The van der Waals surface area contributed by atoms with Gasteiger partial charge < -0.3 is 9.64 Å². The number of rotatable bonds is 7. The lowest BCUT2D eigenvalue weighted by molar-refractivity contribution is 0.152. The maximum atomic E-state index is 13.6. The van der Waals surface area contributed by atoms with Crippen molar-refractivity contribution in [1.29, 1.82) is 0 Å². The average Bonchev–Trinajstić information content (AvgIpc) is 2.91. The Balaban J connectivity index is 1.31. The van der Waals surface area contributed by atoms with Gasteiger partial charge in [-0.05, 0) is 56.7 Å². The highest BCUT2D eigenvalue weighted by molar-refractivity contribution is 5.57. The SMILES string of the molecule is Cc1ccc(CCN2CCN(c3cnn(-c4ccccc4)c(=O)c3OC3CCCCC3)CC2)cc1. The molecule has 1 saturated heterocycles. The lowest BCUT2D eigenvalue weighted by Gasteiger charge is -2.37. The topological polar surface area (TPSA) is 50.6 Å². The number of piperazine rings is 1. The molecule has 0 atom stereocenters. The number of para-hydroxylation sites is 1. The Morgan fingerprint density at radius 2 is 1.63 bits per heavy atom. The number of hydrogen-bond donors (Lipinski definition) is 0. The highest BCUT2D eigenvalue weighted by Gasteiger charge is 2.26. The van der Waals surface area contributed by atoms with Crippen LogP contribution in [0.25, 0.3) is 5.69 Å². The zero-order valence-corrected chi connectivity index (χ0v) is 20.7. The van der Waals surface area contributed by atoms with E-state index in [1.165, 1.54) is 22.2 Å². The number of ether oxygens (including phenoxy) is 1. The Morgan fingerprint density at radius 1 is 0.914 bits per heavy atom.